The van der Waals surface area contributed by atoms with E-state index in [0.717, 1.165) is 30.8 Å². The number of methoxy groups -OCH3 is 2. The van der Waals surface area contributed by atoms with E-state index in [0.29, 0.717) is 5.92 Å². The summed E-state index contributed by atoms with van der Waals surface area (Å²) in [7, 11) is 3.33. The molecule has 0 aromatic heterocycles. The van der Waals surface area contributed by atoms with Gasteiger partial charge in [0.1, 0.15) is 17.3 Å². The van der Waals surface area contributed by atoms with E-state index in [-0.39, 0.29) is 5.82 Å². The van der Waals surface area contributed by atoms with Crippen molar-refractivity contribution < 1.29 is 13.9 Å². The molecule has 0 N–H and O–H groups in total. The molecular formula is C19H23FO2. The Morgan fingerprint density at radius 1 is 0.955 bits per heavy atom. The molecule has 0 spiro atoms. The predicted octanol–water partition coefficient (Wildman–Crippen LogP) is 4.97. The lowest BCUT2D eigenvalue weighted by Crippen LogP contribution is -1.98. The summed E-state index contributed by atoms with van der Waals surface area (Å²) in [5, 5.41) is 0. The van der Waals surface area contributed by atoms with Crippen molar-refractivity contribution in [2.24, 2.45) is 0 Å². The van der Waals surface area contributed by atoms with E-state index in [4.69, 9.17) is 9.47 Å². The van der Waals surface area contributed by atoms with Crippen molar-refractivity contribution in [1.82, 2.24) is 0 Å². The van der Waals surface area contributed by atoms with Gasteiger partial charge in [-0.15, -0.1) is 0 Å². The molecule has 2 rings (SSSR count). The fraction of sp³-hybridized carbons (Fsp3) is 0.368. The Morgan fingerprint density at radius 2 is 1.55 bits per heavy atom. The molecule has 0 saturated heterocycles. The van der Waals surface area contributed by atoms with Crippen molar-refractivity contribution in [2.75, 3.05) is 14.2 Å². The van der Waals surface area contributed by atoms with Crippen molar-refractivity contribution in [1.29, 1.82) is 0 Å². The number of hydrogen-bond acceptors (Lipinski definition) is 2. The van der Waals surface area contributed by atoms with Crippen LogP contribution >= 0.6 is 0 Å². The molecule has 1 atom stereocenters. The summed E-state index contributed by atoms with van der Waals surface area (Å²) in [5.41, 5.74) is 2.40. The summed E-state index contributed by atoms with van der Waals surface area (Å²) in [6.45, 7) is 2.21. The highest BCUT2D eigenvalue weighted by Gasteiger charge is 2.09. The average Bonchev–Trinajstić information content (AvgIpc) is 2.56. The summed E-state index contributed by atoms with van der Waals surface area (Å²) < 4.78 is 23.5. The van der Waals surface area contributed by atoms with Gasteiger partial charge in [0.05, 0.1) is 14.2 Å². The second-order valence-electron chi connectivity index (χ2n) is 5.57. The Kier molecular flexibility index (Phi) is 5.82. The van der Waals surface area contributed by atoms with Gasteiger partial charge in [-0.2, -0.15) is 0 Å². The zero-order chi connectivity index (χ0) is 15.9. The Morgan fingerprint density at radius 3 is 2.09 bits per heavy atom. The molecule has 0 aliphatic heterocycles. The first-order chi connectivity index (χ1) is 10.6. The smallest absolute Gasteiger partial charge is 0.123 e. The maximum absolute atomic E-state index is 12.9. The normalized spacial score (nSPS) is 12.0. The van der Waals surface area contributed by atoms with Crippen molar-refractivity contribution in [3.05, 3.63) is 59.4 Å². The lowest BCUT2D eigenvalue weighted by Gasteiger charge is -2.15. The van der Waals surface area contributed by atoms with Gasteiger partial charge in [-0.25, -0.2) is 4.39 Å². The topological polar surface area (TPSA) is 18.5 Å². The Balaban J connectivity index is 1.94. The molecule has 2 aromatic carbocycles. The lowest BCUT2D eigenvalue weighted by atomic mass is 9.94. The van der Waals surface area contributed by atoms with Crippen LogP contribution in [-0.2, 0) is 6.42 Å². The molecule has 0 aliphatic rings. The standard InChI is InChI=1S/C19H23FO2/c1-14(5-4-6-15-7-9-17(20)10-8-15)16-11-18(21-2)13-19(12-16)22-3/h7-14H,4-6H2,1-3H3/t14-/m1/s1. The Labute approximate surface area is 131 Å². The highest BCUT2D eigenvalue weighted by molar-refractivity contribution is 5.39. The number of aryl methyl sites for hydroxylation is 1. The minimum Gasteiger partial charge on any atom is -0.497 e. The van der Waals surface area contributed by atoms with E-state index in [9.17, 15) is 4.39 Å². The van der Waals surface area contributed by atoms with Crippen LogP contribution in [0.15, 0.2) is 42.5 Å². The van der Waals surface area contributed by atoms with Gasteiger partial charge in [0, 0.05) is 6.07 Å². The largest absolute Gasteiger partial charge is 0.497 e. The SMILES string of the molecule is COc1cc(OC)cc([C@H](C)CCCc2ccc(F)cc2)c1. The van der Waals surface area contributed by atoms with E-state index >= 15 is 0 Å². The summed E-state index contributed by atoms with van der Waals surface area (Å²) in [5.74, 6) is 1.88. The second kappa shape index (κ2) is 7.83. The predicted molar refractivity (Wildman–Crippen MR) is 87.3 cm³/mol. The van der Waals surface area contributed by atoms with Crippen LogP contribution in [0.4, 0.5) is 4.39 Å². The highest BCUT2D eigenvalue weighted by Crippen LogP contribution is 2.29. The lowest BCUT2D eigenvalue weighted by molar-refractivity contribution is 0.392. The van der Waals surface area contributed by atoms with E-state index < -0.39 is 0 Å². The first-order valence-electron chi connectivity index (χ1n) is 7.59. The first kappa shape index (κ1) is 16.3. The van der Waals surface area contributed by atoms with Gasteiger partial charge in [0.25, 0.3) is 0 Å². The van der Waals surface area contributed by atoms with Crippen LogP contribution in [-0.4, -0.2) is 14.2 Å². The van der Waals surface area contributed by atoms with Crippen molar-refractivity contribution in [3.63, 3.8) is 0 Å². The van der Waals surface area contributed by atoms with Gasteiger partial charge in [0.2, 0.25) is 0 Å². The van der Waals surface area contributed by atoms with Crippen LogP contribution in [0.3, 0.4) is 0 Å². The fourth-order valence-corrected chi connectivity index (χ4v) is 2.54. The fourth-order valence-electron chi connectivity index (χ4n) is 2.54. The third-order valence-corrected chi connectivity index (χ3v) is 3.96. The second-order valence-corrected chi connectivity index (χ2v) is 5.57. The minimum atomic E-state index is -0.180. The van der Waals surface area contributed by atoms with Crippen LogP contribution in [0.1, 0.15) is 36.8 Å². The third kappa shape index (κ3) is 4.48. The van der Waals surface area contributed by atoms with Crippen LogP contribution in [0, 0.1) is 5.82 Å². The van der Waals surface area contributed by atoms with E-state index in [1.807, 2.05) is 18.2 Å². The molecule has 0 aliphatic carbocycles. The minimum absolute atomic E-state index is 0.180. The molecule has 0 saturated carbocycles. The van der Waals surface area contributed by atoms with E-state index in [1.54, 1.807) is 14.2 Å². The van der Waals surface area contributed by atoms with Crippen molar-refractivity contribution in [3.8, 4) is 11.5 Å². The summed E-state index contributed by atoms with van der Waals surface area (Å²) >= 11 is 0. The summed E-state index contributed by atoms with van der Waals surface area (Å²) in [6, 6.07) is 12.8. The van der Waals surface area contributed by atoms with Gasteiger partial charge >= 0.3 is 0 Å². The molecular weight excluding hydrogens is 279 g/mol. The number of rotatable bonds is 7. The molecule has 22 heavy (non-hydrogen) atoms. The van der Waals surface area contributed by atoms with Crippen LogP contribution in [0.5, 0.6) is 11.5 Å². The van der Waals surface area contributed by atoms with Gasteiger partial charge in [-0.05, 0) is 60.6 Å². The molecule has 0 unspecified atom stereocenters. The summed E-state index contributed by atoms with van der Waals surface area (Å²) in [4.78, 5) is 0. The average molecular weight is 302 g/mol. The van der Waals surface area contributed by atoms with E-state index in [2.05, 4.69) is 19.1 Å². The van der Waals surface area contributed by atoms with Gasteiger partial charge < -0.3 is 9.47 Å². The molecule has 0 radical (unpaired) electrons. The third-order valence-electron chi connectivity index (χ3n) is 3.96. The van der Waals surface area contributed by atoms with Crippen molar-refractivity contribution in [2.45, 2.75) is 32.1 Å². The number of ether oxygens (including phenoxy) is 2. The molecule has 0 heterocycles. The Hall–Kier alpha value is -2.03. The quantitative estimate of drug-likeness (QED) is 0.719. The number of hydrogen-bond donors (Lipinski definition) is 0. The van der Waals surface area contributed by atoms with Crippen molar-refractivity contribution >= 4 is 0 Å². The maximum Gasteiger partial charge on any atom is 0.123 e. The molecule has 3 heteroatoms. The van der Waals surface area contributed by atoms with Gasteiger partial charge in [0.15, 0.2) is 0 Å². The van der Waals surface area contributed by atoms with E-state index in [1.165, 1.54) is 23.3 Å². The molecule has 118 valence electrons. The monoisotopic (exact) mass is 302 g/mol. The molecule has 0 fully saturated rings. The zero-order valence-electron chi connectivity index (χ0n) is 13.4. The number of benzene rings is 2. The highest BCUT2D eigenvalue weighted by atomic mass is 19.1. The number of halogens is 1. The summed E-state index contributed by atoms with van der Waals surface area (Å²) in [6.07, 6.45) is 3.09. The van der Waals surface area contributed by atoms with Gasteiger partial charge in [-0.3, -0.25) is 0 Å². The maximum atomic E-state index is 12.9. The first-order valence-corrected chi connectivity index (χ1v) is 7.59. The Bertz CT molecular complexity index is 571. The van der Waals surface area contributed by atoms with Gasteiger partial charge in [-0.1, -0.05) is 19.1 Å². The zero-order valence-corrected chi connectivity index (χ0v) is 13.4. The van der Waals surface area contributed by atoms with Crippen LogP contribution in [0.25, 0.3) is 0 Å². The van der Waals surface area contributed by atoms with Crippen LogP contribution in [0.2, 0.25) is 0 Å². The molecule has 2 aromatic rings. The molecule has 0 bridgehead atoms. The molecule has 0 amide bonds. The molecule has 2 nitrogen and oxygen atoms in total. The van der Waals surface area contributed by atoms with Crippen LogP contribution < -0.4 is 9.47 Å².